The molecule has 0 rings (SSSR count). The van der Waals surface area contributed by atoms with E-state index in [9.17, 15) is 66.9 Å². The van der Waals surface area contributed by atoms with Crippen molar-refractivity contribution >= 4 is 28.0 Å². The van der Waals surface area contributed by atoms with Crippen LogP contribution in [0.25, 0.3) is 0 Å². The maximum Gasteiger partial charge on any atom is 1.00 e. The van der Waals surface area contributed by atoms with E-state index in [0.717, 1.165) is 0 Å². The predicted molar refractivity (Wildman–Crippen MR) is 101 cm³/mol. The number of alkyl halides is 9. The Morgan fingerprint density at radius 3 is 1.34 bits per heavy atom. The molecule has 0 aromatic carbocycles. The van der Waals surface area contributed by atoms with Gasteiger partial charge in [0.05, 0.1) is 12.3 Å². The molecule has 0 spiro atoms. The van der Waals surface area contributed by atoms with E-state index >= 15 is 0 Å². The van der Waals surface area contributed by atoms with Crippen LogP contribution in [0.15, 0.2) is 0 Å². The SMILES string of the molecule is CC(F)C(F)(F)COC(=O)CC(C(=O)OCC(F)(F)C(C)F)C(C(=O)OCC(F)(F)C(C)F)S(=O)(=O)[O-].[Na+]. The number of carbonyl (C=O) groups excluding carboxylic acids is 3. The Labute approximate surface area is 232 Å². The first kappa shape index (κ1) is 38.8. The summed E-state index contributed by atoms with van der Waals surface area (Å²) in [6.45, 7) is -5.40. The van der Waals surface area contributed by atoms with Gasteiger partial charge in [0.25, 0.3) is 0 Å². The molecule has 0 aromatic heterocycles. The Kier molecular flexibility index (Phi) is 15.2. The van der Waals surface area contributed by atoms with E-state index in [2.05, 4.69) is 14.2 Å². The average molecular weight is 608 g/mol. The van der Waals surface area contributed by atoms with Crippen molar-refractivity contribution in [2.45, 2.75) is 68.7 Å². The molecular weight excluding hydrogens is 586 g/mol. The summed E-state index contributed by atoms with van der Waals surface area (Å²) in [4.78, 5) is 36.2. The van der Waals surface area contributed by atoms with E-state index in [-0.39, 0.29) is 29.6 Å². The van der Waals surface area contributed by atoms with Crippen LogP contribution in [0.3, 0.4) is 0 Å². The van der Waals surface area contributed by atoms with Crippen LogP contribution < -0.4 is 29.6 Å². The maximum atomic E-state index is 13.4. The van der Waals surface area contributed by atoms with Gasteiger partial charge in [0, 0.05) is 0 Å². The van der Waals surface area contributed by atoms with Gasteiger partial charge in [-0.3, -0.25) is 14.4 Å². The molecule has 0 aromatic rings. The van der Waals surface area contributed by atoms with Crippen molar-refractivity contribution < 1.29 is 111 Å². The molecule has 0 aliphatic carbocycles. The van der Waals surface area contributed by atoms with E-state index in [1.807, 2.05) is 0 Å². The van der Waals surface area contributed by atoms with Gasteiger partial charge in [0.15, 0.2) is 43.6 Å². The van der Waals surface area contributed by atoms with Gasteiger partial charge in [0.2, 0.25) is 0 Å². The second-order valence-electron chi connectivity index (χ2n) is 7.73. The standard InChI is InChI=1S/C18H23F9O9S.Na/c1-8(19)16(22,23)5-34-12(28)4-11(14(29)35-6-17(24,25)9(2)20)13(37(31,32)33)15(30)36-7-18(26,27)10(3)21;/h8-11,13H,4-7H2,1-3H3,(H,31,32,33);/q;+1/p-1. The van der Waals surface area contributed by atoms with Crippen LogP contribution in [-0.2, 0) is 38.7 Å². The zero-order valence-electron chi connectivity index (χ0n) is 20.2. The van der Waals surface area contributed by atoms with Crippen LogP contribution >= 0.6 is 0 Å². The third-order valence-electron chi connectivity index (χ3n) is 4.58. The molecule has 218 valence electrons. The minimum Gasteiger partial charge on any atom is -0.747 e. The second kappa shape index (κ2) is 14.9. The first-order valence-corrected chi connectivity index (χ1v) is 11.4. The first-order valence-electron chi connectivity index (χ1n) is 9.95. The first-order chi connectivity index (χ1) is 16.5. The predicted octanol–water partition coefficient (Wildman–Crippen LogP) is -0.480. The largest absolute Gasteiger partial charge is 1.00 e. The fourth-order valence-corrected chi connectivity index (χ4v) is 2.99. The van der Waals surface area contributed by atoms with Gasteiger partial charge >= 0.3 is 65.2 Å². The van der Waals surface area contributed by atoms with Gasteiger partial charge in [-0.1, -0.05) is 0 Å². The van der Waals surface area contributed by atoms with Crippen LogP contribution in [0.2, 0.25) is 0 Å². The topological polar surface area (TPSA) is 136 Å². The number of hydrogen-bond acceptors (Lipinski definition) is 9. The van der Waals surface area contributed by atoms with Gasteiger partial charge in [-0.25, -0.2) is 21.6 Å². The Hall–Kier alpha value is -1.31. The third kappa shape index (κ3) is 12.3. The molecule has 38 heavy (non-hydrogen) atoms. The summed E-state index contributed by atoms with van der Waals surface area (Å²) in [6, 6.07) is 0. The summed E-state index contributed by atoms with van der Waals surface area (Å²) in [5.74, 6) is -23.1. The van der Waals surface area contributed by atoms with Crippen molar-refractivity contribution in [2.24, 2.45) is 5.92 Å². The molecular formula is C18H22F9NaO9S. The molecule has 9 nitrogen and oxygen atoms in total. The summed E-state index contributed by atoms with van der Waals surface area (Å²) >= 11 is 0. The Bertz CT molecular complexity index is 915. The molecule has 0 amide bonds. The molecule has 5 unspecified atom stereocenters. The van der Waals surface area contributed by atoms with Crippen LogP contribution in [-0.4, -0.2) is 92.2 Å². The third-order valence-corrected chi connectivity index (χ3v) is 5.73. The molecule has 5 atom stereocenters. The molecule has 0 saturated carbocycles. The van der Waals surface area contributed by atoms with Gasteiger partial charge < -0.3 is 18.8 Å². The van der Waals surface area contributed by atoms with Gasteiger partial charge in [-0.15, -0.1) is 0 Å². The van der Waals surface area contributed by atoms with Crippen molar-refractivity contribution in [3.05, 3.63) is 0 Å². The molecule has 0 fully saturated rings. The summed E-state index contributed by atoms with van der Waals surface area (Å²) < 4.78 is 165. The smallest absolute Gasteiger partial charge is 0.747 e. The zero-order valence-corrected chi connectivity index (χ0v) is 23.0. The Morgan fingerprint density at radius 2 is 1.03 bits per heavy atom. The normalized spacial score (nSPS) is 16.8. The fourth-order valence-electron chi connectivity index (χ4n) is 2.08. The number of esters is 3. The van der Waals surface area contributed by atoms with Crippen molar-refractivity contribution in [3.63, 3.8) is 0 Å². The summed E-state index contributed by atoms with van der Waals surface area (Å²) in [7, 11) is -6.21. The molecule has 0 heterocycles. The monoisotopic (exact) mass is 608 g/mol. The molecule has 0 bridgehead atoms. The van der Waals surface area contributed by atoms with E-state index < -0.39 is 102 Å². The number of ether oxygens (including phenoxy) is 3. The van der Waals surface area contributed by atoms with E-state index in [1.54, 1.807) is 0 Å². The molecule has 0 aliphatic heterocycles. The van der Waals surface area contributed by atoms with Crippen molar-refractivity contribution in [3.8, 4) is 0 Å². The van der Waals surface area contributed by atoms with Crippen LogP contribution in [0.5, 0.6) is 0 Å². The molecule has 0 radical (unpaired) electrons. The van der Waals surface area contributed by atoms with Crippen LogP contribution in [0.1, 0.15) is 27.2 Å². The number of hydrogen-bond donors (Lipinski definition) is 0. The summed E-state index contributed by atoms with van der Waals surface area (Å²) in [5, 5.41) is -3.50. The maximum absolute atomic E-state index is 13.4. The molecule has 0 saturated heterocycles. The number of rotatable bonds is 15. The second-order valence-corrected chi connectivity index (χ2v) is 9.22. The zero-order chi connectivity index (χ0) is 29.6. The molecule has 0 aliphatic rings. The minimum atomic E-state index is -6.21. The van der Waals surface area contributed by atoms with Gasteiger partial charge in [-0.2, -0.15) is 26.3 Å². The van der Waals surface area contributed by atoms with Crippen molar-refractivity contribution in [2.75, 3.05) is 19.8 Å². The Balaban J connectivity index is 0. The summed E-state index contributed by atoms with van der Waals surface area (Å²) in [5.41, 5.74) is 0. The van der Waals surface area contributed by atoms with E-state index in [4.69, 9.17) is 0 Å². The van der Waals surface area contributed by atoms with E-state index in [0.29, 0.717) is 20.8 Å². The fraction of sp³-hybridized carbons (Fsp3) is 0.833. The number of carbonyl (C=O) groups is 3. The number of halogens is 9. The molecule has 20 heteroatoms. The van der Waals surface area contributed by atoms with Crippen LogP contribution in [0, 0.1) is 5.92 Å². The average Bonchev–Trinajstić information content (AvgIpc) is 2.73. The van der Waals surface area contributed by atoms with E-state index in [1.165, 1.54) is 0 Å². The van der Waals surface area contributed by atoms with Gasteiger partial charge in [-0.05, 0) is 20.8 Å². The van der Waals surface area contributed by atoms with Crippen LogP contribution in [0.4, 0.5) is 39.5 Å². The summed E-state index contributed by atoms with van der Waals surface area (Å²) in [6.07, 6.45) is -10.7. The quantitative estimate of drug-likeness (QED) is 0.0794. The minimum absolute atomic E-state index is 0. The van der Waals surface area contributed by atoms with Crippen molar-refractivity contribution in [1.29, 1.82) is 0 Å². The van der Waals surface area contributed by atoms with Gasteiger partial charge in [0.1, 0.15) is 10.1 Å². The Morgan fingerprint density at radius 1 is 0.711 bits per heavy atom. The van der Waals surface area contributed by atoms with Crippen molar-refractivity contribution in [1.82, 2.24) is 0 Å². The molecule has 0 N–H and O–H groups in total.